The molecule has 5 rings (SSSR count). The highest BCUT2D eigenvalue weighted by molar-refractivity contribution is 6.37. The van der Waals surface area contributed by atoms with Crippen molar-refractivity contribution in [1.82, 2.24) is 20.9 Å². The monoisotopic (exact) mass is 607 g/mol. The zero-order valence-corrected chi connectivity index (χ0v) is 26.8. The predicted molar refractivity (Wildman–Crippen MR) is 166 cm³/mol. The van der Waals surface area contributed by atoms with E-state index in [1.807, 2.05) is 39.0 Å². The lowest BCUT2D eigenvalue weighted by molar-refractivity contribution is -0.145. The third-order valence-corrected chi connectivity index (χ3v) is 10.6. The van der Waals surface area contributed by atoms with Gasteiger partial charge in [-0.25, -0.2) is 4.79 Å². The van der Waals surface area contributed by atoms with Gasteiger partial charge in [-0.1, -0.05) is 90.6 Å². The molecule has 0 spiro atoms. The van der Waals surface area contributed by atoms with Crippen LogP contribution in [-0.2, 0) is 25.6 Å². The molecule has 4 fully saturated rings. The van der Waals surface area contributed by atoms with Gasteiger partial charge in [-0.2, -0.15) is 0 Å². The molecule has 1 aromatic carbocycles. The molecule has 4 aliphatic rings. The van der Waals surface area contributed by atoms with Crippen molar-refractivity contribution in [2.75, 3.05) is 6.54 Å². The molecule has 5 N–H and O–H groups in total. The van der Waals surface area contributed by atoms with Crippen molar-refractivity contribution in [3.05, 3.63) is 35.9 Å². The van der Waals surface area contributed by atoms with Crippen LogP contribution in [-0.4, -0.2) is 64.6 Å². The molecule has 0 bridgehead atoms. The number of nitrogens with zero attached hydrogens (tertiary/aromatic N) is 1. The number of carbonyl (C=O) groups excluding carboxylic acids is 5. The van der Waals surface area contributed by atoms with Gasteiger partial charge in [0.1, 0.15) is 12.1 Å². The fraction of sp³-hybridized carbons (Fsp3) is 0.676. The fourth-order valence-corrected chi connectivity index (χ4v) is 7.77. The molecule has 44 heavy (non-hydrogen) atoms. The van der Waals surface area contributed by atoms with Gasteiger partial charge < -0.3 is 26.6 Å². The first-order chi connectivity index (χ1) is 20.6. The third kappa shape index (κ3) is 6.64. The molecule has 10 nitrogen and oxygen atoms in total. The highest BCUT2D eigenvalue weighted by Gasteiger charge is 2.70. The van der Waals surface area contributed by atoms with E-state index in [2.05, 4.69) is 41.9 Å². The number of nitrogens with two attached hydrogens (primary N) is 1. The van der Waals surface area contributed by atoms with Gasteiger partial charge >= 0.3 is 6.03 Å². The number of rotatable bonds is 11. The van der Waals surface area contributed by atoms with Gasteiger partial charge in [0.25, 0.3) is 5.91 Å². The first-order valence-electron chi connectivity index (χ1n) is 16.2. The highest BCUT2D eigenvalue weighted by Crippen LogP contribution is 2.65. The van der Waals surface area contributed by atoms with Crippen molar-refractivity contribution in [2.24, 2.45) is 34.3 Å². The van der Waals surface area contributed by atoms with Crippen LogP contribution >= 0.6 is 0 Å². The summed E-state index contributed by atoms with van der Waals surface area (Å²) in [5.74, 6) is -2.34. The number of primary amides is 1. The minimum Gasteiger partial charge on any atom is -0.363 e. The van der Waals surface area contributed by atoms with E-state index in [9.17, 15) is 24.0 Å². The molecule has 240 valence electrons. The minimum atomic E-state index is -1.07. The summed E-state index contributed by atoms with van der Waals surface area (Å²) in [6, 6.07) is 7.03. The Balaban J connectivity index is 1.33. The number of Topliss-reactive ketones (excluding diaryl/α,β-unsaturated/α-hetero) is 1. The summed E-state index contributed by atoms with van der Waals surface area (Å²) in [5, 5.41) is 9.05. The molecule has 1 aromatic rings. The number of ketones is 1. The first kappa shape index (κ1) is 32.0. The average Bonchev–Trinajstić information content (AvgIpc) is 3.70. The van der Waals surface area contributed by atoms with Gasteiger partial charge in [0.15, 0.2) is 0 Å². The summed E-state index contributed by atoms with van der Waals surface area (Å²) in [4.78, 5) is 67.7. The van der Waals surface area contributed by atoms with Crippen molar-refractivity contribution < 1.29 is 24.0 Å². The maximum atomic E-state index is 14.3. The van der Waals surface area contributed by atoms with Crippen molar-refractivity contribution in [3.8, 4) is 0 Å². The van der Waals surface area contributed by atoms with Crippen LogP contribution in [0.1, 0.15) is 85.1 Å². The van der Waals surface area contributed by atoms with E-state index in [0.29, 0.717) is 19.4 Å². The van der Waals surface area contributed by atoms with Crippen molar-refractivity contribution >= 4 is 29.5 Å². The predicted octanol–water partition coefficient (Wildman–Crippen LogP) is 3.08. The van der Waals surface area contributed by atoms with E-state index in [1.165, 1.54) is 0 Å². The molecule has 0 radical (unpaired) electrons. The number of hydrogen-bond donors (Lipinski definition) is 4. The summed E-state index contributed by atoms with van der Waals surface area (Å²) >= 11 is 0. The number of amides is 5. The Morgan fingerprint density at radius 2 is 1.64 bits per heavy atom. The summed E-state index contributed by atoms with van der Waals surface area (Å²) in [6.07, 6.45) is 6.74. The summed E-state index contributed by atoms with van der Waals surface area (Å²) in [5.41, 5.74) is 5.29. The number of likely N-dealkylation sites (tertiary alicyclic amines) is 1. The molecule has 3 aliphatic carbocycles. The van der Waals surface area contributed by atoms with Gasteiger partial charge in [-0.15, -0.1) is 0 Å². The van der Waals surface area contributed by atoms with Crippen LogP contribution < -0.4 is 21.7 Å². The molecule has 10 heteroatoms. The van der Waals surface area contributed by atoms with Gasteiger partial charge in [0, 0.05) is 12.1 Å². The largest absolute Gasteiger partial charge is 0.363 e. The maximum absolute atomic E-state index is 14.3. The number of piperidine rings is 1. The SMILES string of the molecule is CC(C)(C)[C@H](NC(=O)NC1(Cc2ccccc2)CCCC1)C(=O)N1CC2[C@@H]([C@H]1C(=O)NC(CC1CC1)C(=O)C(N)=O)C2(C)C. The minimum absolute atomic E-state index is 0.0845. The number of nitrogens with one attached hydrogen (secondary N) is 3. The lowest BCUT2D eigenvalue weighted by Gasteiger charge is -2.39. The fourth-order valence-electron chi connectivity index (χ4n) is 7.77. The van der Waals surface area contributed by atoms with Gasteiger partial charge in [-0.05, 0) is 59.8 Å². The molecular weight excluding hydrogens is 558 g/mol. The van der Waals surface area contributed by atoms with Gasteiger partial charge in [0.2, 0.25) is 17.6 Å². The average molecular weight is 608 g/mol. The van der Waals surface area contributed by atoms with Gasteiger partial charge in [-0.3, -0.25) is 19.2 Å². The Kier molecular flexibility index (Phi) is 8.59. The quantitative estimate of drug-likeness (QED) is 0.285. The third-order valence-electron chi connectivity index (χ3n) is 10.6. The van der Waals surface area contributed by atoms with Crippen LogP contribution in [0.2, 0.25) is 0 Å². The number of benzene rings is 1. The lowest BCUT2D eigenvalue weighted by atomic mass is 9.85. The van der Waals surface area contributed by atoms with Crippen molar-refractivity contribution in [1.29, 1.82) is 0 Å². The molecule has 5 atom stereocenters. The summed E-state index contributed by atoms with van der Waals surface area (Å²) in [7, 11) is 0. The smallest absolute Gasteiger partial charge is 0.315 e. The topological polar surface area (TPSA) is 151 Å². The number of fused-ring (bicyclic) bond motifs is 1. The molecule has 2 unspecified atom stereocenters. The second-order valence-corrected chi connectivity index (χ2v) is 15.4. The number of hydrogen-bond acceptors (Lipinski definition) is 5. The summed E-state index contributed by atoms with van der Waals surface area (Å²) < 4.78 is 0. The van der Waals surface area contributed by atoms with Crippen molar-refractivity contribution in [3.63, 3.8) is 0 Å². The van der Waals surface area contributed by atoms with Crippen LogP contribution in [0.25, 0.3) is 0 Å². The number of urea groups is 1. The Bertz CT molecular complexity index is 1290. The van der Waals surface area contributed by atoms with E-state index in [1.54, 1.807) is 4.90 Å². The van der Waals surface area contributed by atoms with Crippen molar-refractivity contribution in [2.45, 2.75) is 110 Å². The Labute approximate surface area is 260 Å². The van der Waals surface area contributed by atoms with Crippen LogP contribution in [0.4, 0.5) is 4.79 Å². The van der Waals surface area contributed by atoms with E-state index in [4.69, 9.17) is 5.73 Å². The molecule has 1 heterocycles. The zero-order valence-electron chi connectivity index (χ0n) is 26.8. The van der Waals surface area contributed by atoms with E-state index in [-0.39, 0.29) is 34.6 Å². The highest BCUT2D eigenvalue weighted by atomic mass is 16.2. The standard InChI is InChI=1S/C34H49N5O5/c1-32(2,3)27(37-31(44)38-34(15-9-10-16-34)18-21-11-7-6-8-12-21)30(43)39-19-22-24(33(22,4)5)25(39)29(42)36-23(17-20-13-14-20)26(40)28(35)41/h6-8,11-12,20,22-25,27H,9-10,13-19H2,1-5H3,(H2,35,41)(H,36,42)(H2,37,38,44)/t22?,23?,24-,25-,27+/m0/s1. The lowest BCUT2D eigenvalue weighted by Crippen LogP contribution is -2.62. The Hall–Kier alpha value is -3.43. The first-order valence-corrected chi connectivity index (χ1v) is 16.2. The van der Waals surface area contributed by atoms with Gasteiger partial charge in [0.05, 0.1) is 6.04 Å². The second-order valence-electron chi connectivity index (χ2n) is 15.4. The van der Waals surface area contributed by atoms with E-state index < -0.39 is 47.2 Å². The number of carbonyl (C=O) groups is 5. The molecule has 0 aromatic heterocycles. The Morgan fingerprint density at radius 1 is 1.00 bits per heavy atom. The van der Waals surface area contributed by atoms with E-state index in [0.717, 1.165) is 44.1 Å². The van der Waals surface area contributed by atoms with Crippen LogP contribution in [0.3, 0.4) is 0 Å². The maximum Gasteiger partial charge on any atom is 0.315 e. The normalized spacial score (nSPS) is 26.2. The Morgan fingerprint density at radius 3 is 2.20 bits per heavy atom. The molecule has 1 aliphatic heterocycles. The van der Waals surface area contributed by atoms with Crippen LogP contribution in [0.5, 0.6) is 0 Å². The van der Waals surface area contributed by atoms with Crippen LogP contribution in [0.15, 0.2) is 30.3 Å². The molecule has 5 amide bonds. The molecule has 3 saturated carbocycles. The van der Waals surface area contributed by atoms with Crippen LogP contribution in [0, 0.1) is 28.6 Å². The summed E-state index contributed by atoms with van der Waals surface area (Å²) in [6.45, 7) is 10.3. The zero-order chi connectivity index (χ0) is 32.0. The van der Waals surface area contributed by atoms with E-state index >= 15 is 0 Å². The molecule has 1 saturated heterocycles. The molecular formula is C34H49N5O5. The second kappa shape index (κ2) is 11.8.